The first-order valence-corrected chi connectivity index (χ1v) is 2.49. The molecule has 9 heavy (non-hydrogen) atoms. The third kappa shape index (κ3) is 7.20. The average molecular weight is 136 g/mol. The lowest BCUT2D eigenvalue weighted by atomic mass is 10.2. The van der Waals surface area contributed by atoms with Crippen LogP contribution >= 0.6 is 0 Å². The Kier molecular flexibility index (Phi) is 3.75. The summed E-state index contributed by atoms with van der Waals surface area (Å²) in [5.41, 5.74) is 0. The van der Waals surface area contributed by atoms with Gasteiger partial charge in [0.05, 0.1) is 0 Å². The van der Waals surface area contributed by atoms with Gasteiger partial charge in [-0.2, -0.15) is 8.78 Å². The Labute approximate surface area is 50.9 Å². The lowest BCUT2D eigenvalue weighted by molar-refractivity contribution is -0.130. The van der Waals surface area contributed by atoms with Gasteiger partial charge in [0.1, 0.15) is 0 Å². The van der Waals surface area contributed by atoms with E-state index < -0.39 is 12.1 Å². The highest BCUT2D eigenvalue weighted by Crippen LogP contribution is 1.97. The number of halogens is 2. The van der Waals surface area contributed by atoms with Gasteiger partial charge in [-0.15, -0.1) is 0 Å². The Balaban J connectivity index is 3.10. The van der Waals surface area contributed by atoms with Crippen molar-refractivity contribution in [3.8, 4) is 0 Å². The van der Waals surface area contributed by atoms with E-state index in [1.165, 1.54) is 0 Å². The molecule has 0 amide bonds. The van der Waals surface area contributed by atoms with Crippen molar-refractivity contribution in [3.63, 3.8) is 0 Å². The van der Waals surface area contributed by atoms with Crippen molar-refractivity contribution in [1.29, 1.82) is 0 Å². The molecule has 0 radical (unpaired) electrons. The van der Waals surface area contributed by atoms with Crippen molar-refractivity contribution >= 4 is 12.1 Å². The molecule has 0 fully saturated rings. The van der Waals surface area contributed by atoms with Crippen LogP contribution in [0.5, 0.6) is 0 Å². The lowest BCUT2D eigenvalue weighted by Gasteiger charge is -1.86. The molecule has 0 N–H and O–H groups in total. The molecule has 0 rings (SSSR count). The first kappa shape index (κ1) is 8.20. The van der Waals surface area contributed by atoms with Gasteiger partial charge in [0.2, 0.25) is 0 Å². The van der Waals surface area contributed by atoms with Crippen molar-refractivity contribution in [2.45, 2.75) is 19.3 Å². The van der Waals surface area contributed by atoms with Gasteiger partial charge >= 0.3 is 12.1 Å². The standard InChI is InChI=1S/C5H6F2O2/c6-4(8)2-1-3-5(7)9/h1-3H2. The van der Waals surface area contributed by atoms with Gasteiger partial charge in [-0.3, -0.25) is 9.59 Å². The maximum Gasteiger partial charge on any atom is 0.301 e. The predicted octanol–water partition coefficient (Wildman–Crippen LogP) is 1.15. The highest BCUT2D eigenvalue weighted by molar-refractivity contribution is 5.70. The molecule has 0 aliphatic rings. The van der Waals surface area contributed by atoms with Gasteiger partial charge in [0.25, 0.3) is 0 Å². The summed E-state index contributed by atoms with van der Waals surface area (Å²) in [7, 11) is 0. The van der Waals surface area contributed by atoms with E-state index in [-0.39, 0.29) is 19.3 Å². The summed E-state index contributed by atoms with van der Waals surface area (Å²) in [5.74, 6) is 0. The Morgan fingerprint density at radius 3 is 1.56 bits per heavy atom. The van der Waals surface area contributed by atoms with Crippen LogP contribution < -0.4 is 0 Å². The molecule has 4 heteroatoms. The van der Waals surface area contributed by atoms with E-state index in [9.17, 15) is 18.4 Å². The lowest BCUT2D eigenvalue weighted by Crippen LogP contribution is -1.91. The van der Waals surface area contributed by atoms with Crippen molar-refractivity contribution < 1.29 is 18.4 Å². The fourth-order valence-electron chi connectivity index (χ4n) is 0.366. The van der Waals surface area contributed by atoms with Gasteiger partial charge in [-0.05, 0) is 6.42 Å². The first-order chi connectivity index (χ1) is 4.13. The molecule has 0 atom stereocenters. The number of hydrogen-bond donors (Lipinski definition) is 0. The van der Waals surface area contributed by atoms with Crippen LogP contribution in [0.15, 0.2) is 0 Å². The fourth-order valence-corrected chi connectivity index (χ4v) is 0.366. The minimum absolute atomic E-state index is 0.0370. The van der Waals surface area contributed by atoms with E-state index in [1.54, 1.807) is 0 Å². The summed E-state index contributed by atoms with van der Waals surface area (Å²) in [6.07, 6.45) is -0.768. The van der Waals surface area contributed by atoms with Gasteiger partial charge in [0, 0.05) is 12.8 Å². The molecule has 0 spiro atoms. The maximum atomic E-state index is 11.3. The number of rotatable bonds is 4. The quantitative estimate of drug-likeness (QED) is 0.543. The molecule has 0 bridgehead atoms. The van der Waals surface area contributed by atoms with Gasteiger partial charge in [-0.1, -0.05) is 0 Å². The summed E-state index contributed by atoms with van der Waals surface area (Å²) < 4.78 is 22.6. The molecule has 0 saturated heterocycles. The summed E-state index contributed by atoms with van der Waals surface area (Å²) in [5, 5.41) is 0. The zero-order valence-corrected chi connectivity index (χ0v) is 4.69. The number of carbonyl (C=O) groups is 2. The first-order valence-electron chi connectivity index (χ1n) is 2.49. The van der Waals surface area contributed by atoms with Gasteiger partial charge < -0.3 is 0 Å². The van der Waals surface area contributed by atoms with E-state index in [4.69, 9.17) is 0 Å². The molecular weight excluding hydrogens is 130 g/mol. The van der Waals surface area contributed by atoms with Gasteiger partial charge in [0.15, 0.2) is 0 Å². The summed E-state index contributed by atoms with van der Waals surface area (Å²) in [6.45, 7) is 0. The smallest absolute Gasteiger partial charge is 0.261 e. The molecule has 2 nitrogen and oxygen atoms in total. The van der Waals surface area contributed by atoms with E-state index in [2.05, 4.69) is 0 Å². The van der Waals surface area contributed by atoms with Crippen molar-refractivity contribution in [3.05, 3.63) is 0 Å². The van der Waals surface area contributed by atoms with Crippen LogP contribution in [0.2, 0.25) is 0 Å². The molecule has 0 unspecified atom stereocenters. The topological polar surface area (TPSA) is 34.1 Å². The highest BCUT2D eigenvalue weighted by Gasteiger charge is 2.01. The molecule has 0 aromatic rings. The van der Waals surface area contributed by atoms with E-state index in [0.717, 1.165) is 0 Å². The van der Waals surface area contributed by atoms with E-state index in [1.807, 2.05) is 0 Å². The van der Waals surface area contributed by atoms with Crippen LogP contribution in [0, 0.1) is 0 Å². The Morgan fingerprint density at radius 2 is 1.33 bits per heavy atom. The number of hydrogen-bond acceptors (Lipinski definition) is 2. The van der Waals surface area contributed by atoms with Gasteiger partial charge in [-0.25, -0.2) is 0 Å². The Bertz CT molecular complexity index is 108. The number of carbonyl (C=O) groups excluding carboxylic acids is 2. The molecule has 0 aliphatic heterocycles. The second kappa shape index (κ2) is 4.12. The third-order valence-electron chi connectivity index (χ3n) is 0.747. The molecular formula is C5H6F2O2. The summed E-state index contributed by atoms with van der Waals surface area (Å²) >= 11 is 0. The van der Waals surface area contributed by atoms with Crippen molar-refractivity contribution in [2.24, 2.45) is 0 Å². The van der Waals surface area contributed by atoms with Crippen molar-refractivity contribution in [1.82, 2.24) is 0 Å². The predicted molar refractivity (Wildman–Crippen MR) is 26.1 cm³/mol. The Hall–Kier alpha value is -0.800. The van der Waals surface area contributed by atoms with Crippen LogP contribution in [-0.4, -0.2) is 12.1 Å². The van der Waals surface area contributed by atoms with Crippen LogP contribution in [0.25, 0.3) is 0 Å². The normalized spacial score (nSPS) is 9.11. The molecule has 0 heterocycles. The molecule has 0 aromatic carbocycles. The summed E-state index contributed by atoms with van der Waals surface area (Å²) in [6, 6.07) is -3.01. The zero-order chi connectivity index (χ0) is 7.28. The fraction of sp³-hybridized carbons (Fsp3) is 0.600. The molecule has 0 aromatic heterocycles. The third-order valence-corrected chi connectivity index (χ3v) is 0.747. The van der Waals surface area contributed by atoms with E-state index >= 15 is 0 Å². The SMILES string of the molecule is O=C(F)CCCC(=O)F. The minimum Gasteiger partial charge on any atom is -0.261 e. The van der Waals surface area contributed by atoms with Crippen LogP contribution in [0.1, 0.15) is 19.3 Å². The van der Waals surface area contributed by atoms with Crippen LogP contribution in [0.3, 0.4) is 0 Å². The monoisotopic (exact) mass is 136 g/mol. The second-order valence-electron chi connectivity index (χ2n) is 1.56. The summed E-state index contributed by atoms with van der Waals surface area (Å²) in [4.78, 5) is 19.0. The Morgan fingerprint density at radius 1 is 1.00 bits per heavy atom. The largest absolute Gasteiger partial charge is 0.301 e. The molecule has 0 aliphatic carbocycles. The molecule has 52 valence electrons. The van der Waals surface area contributed by atoms with Crippen LogP contribution in [0.4, 0.5) is 8.78 Å². The zero-order valence-electron chi connectivity index (χ0n) is 4.69. The maximum absolute atomic E-state index is 11.3. The van der Waals surface area contributed by atoms with E-state index in [0.29, 0.717) is 0 Å². The minimum atomic E-state index is -1.50. The van der Waals surface area contributed by atoms with Crippen molar-refractivity contribution in [2.75, 3.05) is 0 Å². The molecule has 0 saturated carbocycles. The van der Waals surface area contributed by atoms with Crippen LogP contribution in [-0.2, 0) is 9.59 Å². The average Bonchev–Trinajstić information content (AvgIpc) is 1.63. The second-order valence-corrected chi connectivity index (χ2v) is 1.56. The highest BCUT2D eigenvalue weighted by atomic mass is 19.1.